The predicted octanol–water partition coefficient (Wildman–Crippen LogP) is 2.56. The van der Waals surface area contributed by atoms with Gasteiger partial charge in [0.1, 0.15) is 5.82 Å². The molecule has 1 aliphatic heterocycles. The molecular weight excluding hydrogens is 362 g/mol. The number of hydrogen-bond donors (Lipinski definition) is 2. The Balaban J connectivity index is 1.55. The molecule has 3 aromatic rings. The van der Waals surface area contributed by atoms with E-state index in [9.17, 15) is 9.59 Å². The Kier molecular flexibility index (Phi) is 4.72. The van der Waals surface area contributed by atoms with E-state index in [1.54, 1.807) is 17.0 Å². The van der Waals surface area contributed by atoms with E-state index in [2.05, 4.69) is 20.5 Å². The van der Waals surface area contributed by atoms with Crippen molar-refractivity contribution >= 4 is 23.2 Å². The largest absolute Gasteiger partial charge is 0.347 e. The molecule has 27 heavy (non-hydrogen) atoms. The summed E-state index contributed by atoms with van der Waals surface area (Å²) < 4.78 is 0. The highest BCUT2D eigenvalue weighted by Crippen LogP contribution is 2.32. The maximum atomic E-state index is 13.0. The number of carbonyl (C=O) groups excluding carboxylic acids is 2. The van der Waals surface area contributed by atoms with Crippen molar-refractivity contribution in [2.45, 2.75) is 25.4 Å². The van der Waals surface area contributed by atoms with Gasteiger partial charge in [0.05, 0.1) is 10.9 Å². The number of H-pyrrole nitrogens is 1. The molecule has 2 atom stereocenters. The third-order valence-corrected chi connectivity index (χ3v) is 5.44. The first kappa shape index (κ1) is 17.4. The van der Waals surface area contributed by atoms with Gasteiger partial charge in [-0.25, -0.2) is 4.98 Å². The Bertz CT molecular complexity index is 938. The minimum atomic E-state index is -0.273. The van der Waals surface area contributed by atoms with Gasteiger partial charge in [0.2, 0.25) is 0 Å². The lowest BCUT2D eigenvalue weighted by molar-refractivity contribution is 0.0729. The number of carbonyl (C=O) groups is 2. The van der Waals surface area contributed by atoms with Crippen LogP contribution >= 0.6 is 11.3 Å². The molecule has 0 aliphatic carbocycles. The van der Waals surface area contributed by atoms with E-state index in [4.69, 9.17) is 0 Å². The van der Waals surface area contributed by atoms with Crippen LogP contribution < -0.4 is 5.32 Å². The Morgan fingerprint density at radius 3 is 2.70 bits per heavy atom. The molecule has 0 bridgehead atoms. The van der Waals surface area contributed by atoms with Gasteiger partial charge >= 0.3 is 0 Å². The van der Waals surface area contributed by atoms with Crippen molar-refractivity contribution in [2.24, 2.45) is 0 Å². The minimum Gasteiger partial charge on any atom is -0.347 e. The van der Waals surface area contributed by atoms with E-state index in [1.807, 2.05) is 42.6 Å². The summed E-state index contributed by atoms with van der Waals surface area (Å²) in [6.45, 7) is 2.25. The highest BCUT2D eigenvalue weighted by molar-refractivity contribution is 7.12. The van der Waals surface area contributed by atoms with Crippen molar-refractivity contribution < 1.29 is 9.59 Å². The van der Waals surface area contributed by atoms with Gasteiger partial charge in [0, 0.05) is 18.2 Å². The maximum Gasteiger partial charge on any atom is 0.264 e. The van der Waals surface area contributed by atoms with Crippen LogP contribution in [0.5, 0.6) is 0 Å². The molecule has 0 saturated carbocycles. The monoisotopic (exact) mass is 381 g/mol. The molecule has 3 heterocycles. The molecule has 2 N–H and O–H groups in total. The first-order valence-electron chi connectivity index (χ1n) is 8.71. The molecule has 2 amide bonds. The molecule has 0 radical (unpaired) electrons. The molecule has 1 fully saturated rings. The van der Waals surface area contributed by atoms with Crippen LogP contribution in [0.1, 0.15) is 44.1 Å². The zero-order valence-corrected chi connectivity index (χ0v) is 15.6. The number of aromatic amines is 1. The lowest BCUT2D eigenvalue weighted by Gasteiger charge is -2.21. The summed E-state index contributed by atoms with van der Waals surface area (Å²) in [5.74, 6) is 1.07. The first-order chi connectivity index (χ1) is 13.1. The Labute approximate surface area is 160 Å². The van der Waals surface area contributed by atoms with E-state index in [1.165, 1.54) is 11.3 Å². The number of hydrogen-bond acceptors (Lipinski definition) is 5. The van der Waals surface area contributed by atoms with Crippen LogP contribution in [0.25, 0.3) is 0 Å². The summed E-state index contributed by atoms with van der Waals surface area (Å²) in [5.41, 5.74) is 0.603. The summed E-state index contributed by atoms with van der Waals surface area (Å²) in [6.07, 6.45) is 0.576. The molecule has 2 aromatic heterocycles. The van der Waals surface area contributed by atoms with Crippen molar-refractivity contribution in [3.63, 3.8) is 0 Å². The molecule has 1 saturated heterocycles. The number of rotatable bonds is 4. The molecule has 138 valence electrons. The van der Waals surface area contributed by atoms with Gasteiger partial charge in [-0.2, -0.15) is 5.10 Å². The van der Waals surface area contributed by atoms with Crippen molar-refractivity contribution in [1.82, 2.24) is 25.4 Å². The number of nitrogens with zero attached hydrogens (tertiary/aromatic N) is 3. The van der Waals surface area contributed by atoms with Gasteiger partial charge in [-0.1, -0.05) is 24.3 Å². The summed E-state index contributed by atoms with van der Waals surface area (Å²) >= 11 is 1.41. The highest BCUT2D eigenvalue weighted by Gasteiger charge is 2.39. The summed E-state index contributed by atoms with van der Waals surface area (Å²) in [6, 6.07) is 12.3. The van der Waals surface area contributed by atoms with E-state index >= 15 is 0 Å². The smallest absolute Gasteiger partial charge is 0.264 e. The van der Waals surface area contributed by atoms with Gasteiger partial charge in [-0.05, 0) is 36.9 Å². The van der Waals surface area contributed by atoms with E-state index in [-0.39, 0.29) is 23.9 Å². The van der Waals surface area contributed by atoms with Gasteiger partial charge in [0.25, 0.3) is 11.8 Å². The normalized spacial score (nSPS) is 19.2. The van der Waals surface area contributed by atoms with E-state index in [0.29, 0.717) is 35.1 Å². The predicted molar refractivity (Wildman–Crippen MR) is 102 cm³/mol. The number of amides is 2. The summed E-state index contributed by atoms with van der Waals surface area (Å²) in [5, 5.41) is 12.0. The van der Waals surface area contributed by atoms with Crippen LogP contribution in [0.15, 0.2) is 47.8 Å². The van der Waals surface area contributed by atoms with Crippen molar-refractivity contribution in [3.05, 3.63) is 69.9 Å². The van der Waals surface area contributed by atoms with Crippen LogP contribution in [0, 0.1) is 6.92 Å². The molecule has 4 rings (SSSR count). The number of likely N-dealkylation sites (tertiary alicyclic amines) is 1. The van der Waals surface area contributed by atoms with Gasteiger partial charge in [0.15, 0.2) is 5.82 Å². The highest BCUT2D eigenvalue weighted by atomic mass is 32.1. The molecule has 1 aliphatic rings. The van der Waals surface area contributed by atoms with Crippen LogP contribution in [0.2, 0.25) is 0 Å². The Morgan fingerprint density at radius 2 is 2.04 bits per heavy atom. The van der Waals surface area contributed by atoms with Crippen molar-refractivity contribution in [1.29, 1.82) is 0 Å². The zero-order chi connectivity index (χ0) is 18.8. The van der Waals surface area contributed by atoms with Crippen molar-refractivity contribution in [3.8, 4) is 0 Å². The average Bonchev–Trinajstić information content (AvgIpc) is 3.42. The number of benzene rings is 1. The fourth-order valence-electron chi connectivity index (χ4n) is 3.32. The summed E-state index contributed by atoms with van der Waals surface area (Å²) in [7, 11) is 0. The number of thiophene rings is 1. The zero-order valence-electron chi connectivity index (χ0n) is 14.8. The van der Waals surface area contributed by atoms with Crippen LogP contribution in [-0.4, -0.2) is 44.5 Å². The quantitative estimate of drug-likeness (QED) is 0.727. The van der Waals surface area contributed by atoms with Gasteiger partial charge in [-0.3, -0.25) is 14.7 Å². The average molecular weight is 381 g/mol. The first-order valence-corrected chi connectivity index (χ1v) is 9.59. The third kappa shape index (κ3) is 3.61. The Hall–Kier alpha value is -3.00. The van der Waals surface area contributed by atoms with Gasteiger partial charge in [-0.15, -0.1) is 11.3 Å². The van der Waals surface area contributed by atoms with E-state index in [0.717, 1.165) is 0 Å². The second-order valence-electron chi connectivity index (χ2n) is 6.50. The molecule has 0 unspecified atom stereocenters. The number of nitrogens with one attached hydrogen (secondary N) is 2. The number of aryl methyl sites for hydroxylation is 1. The topological polar surface area (TPSA) is 91.0 Å². The van der Waals surface area contributed by atoms with Crippen molar-refractivity contribution in [2.75, 3.05) is 6.54 Å². The molecule has 7 nitrogen and oxygen atoms in total. The fraction of sp³-hybridized carbons (Fsp3) is 0.263. The second kappa shape index (κ2) is 7.32. The van der Waals surface area contributed by atoms with Crippen LogP contribution in [0.3, 0.4) is 0 Å². The second-order valence-corrected chi connectivity index (χ2v) is 7.45. The molecule has 1 aromatic carbocycles. The standard InChI is InChI=1S/C19H19N5O2S/c1-12-20-17(23-22-12)15-10-14(21-18(25)13-6-3-2-4-7-13)11-24(15)19(26)16-8-5-9-27-16/h2-9,14-15H,10-11H2,1H3,(H,21,25)(H,20,22,23)/t14-,15-/m0/s1. The van der Waals surface area contributed by atoms with Gasteiger partial charge < -0.3 is 10.2 Å². The SMILES string of the molecule is Cc1nc([C@@H]2C[C@H](NC(=O)c3ccccc3)CN2C(=O)c2cccs2)n[nH]1. The Morgan fingerprint density at radius 1 is 1.22 bits per heavy atom. The van der Waals surface area contributed by atoms with Crippen LogP contribution in [-0.2, 0) is 0 Å². The molecule has 0 spiro atoms. The third-order valence-electron chi connectivity index (χ3n) is 4.58. The number of aromatic nitrogens is 3. The molecular formula is C19H19N5O2S. The van der Waals surface area contributed by atoms with E-state index < -0.39 is 0 Å². The lowest BCUT2D eigenvalue weighted by atomic mass is 10.1. The molecule has 8 heteroatoms. The summed E-state index contributed by atoms with van der Waals surface area (Å²) in [4.78, 5) is 32.3. The fourth-order valence-corrected chi connectivity index (χ4v) is 4.00. The lowest BCUT2D eigenvalue weighted by Crippen LogP contribution is -2.38. The van der Waals surface area contributed by atoms with Crippen LogP contribution in [0.4, 0.5) is 0 Å². The minimum absolute atomic E-state index is 0.0612. The maximum absolute atomic E-state index is 13.0.